The van der Waals surface area contributed by atoms with E-state index in [1.165, 1.54) is 55.5 Å². The highest BCUT2D eigenvalue weighted by molar-refractivity contribution is 6.00. The van der Waals surface area contributed by atoms with Crippen LogP contribution in [-0.2, 0) is 67.6 Å². The summed E-state index contributed by atoms with van der Waals surface area (Å²) in [4.78, 5) is 124. The topological polar surface area (TPSA) is 261 Å². The standard InChI is InChI=1S/C60H62N4O16/c1-4-6-10-25-45(49(5-2)64(39-65)80-59(72)47-26-17-18-27-51(47)78-40(3)66)56(69)61-38-62-58(71)52-31-30-50(79-52)44-28-29-46(53(32-44)74-37-55(68)76-35-42-21-13-8-14-22-42)57(70)63-48(60(73)77-36-43-23-15-9-16-24-43)33-54(67)75-34-41-19-11-7-12-20-41/h7-9,11-24,26-32,39,45,48-49H,4-6,10,25,33-38H2,1-3H3,(H,61,69)(H,62,71)(H,63,70). The van der Waals surface area contributed by atoms with Gasteiger partial charge in [0.25, 0.3) is 11.8 Å². The van der Waals surface area contributed by atoms with Crippen molar-refractivity contribution in [1.82, 2.24) is 21.0 Å². The highest BCUT2D eigenvalue weighted by Gasteiger charge is 2.34. The lowest BCUT2D eigenvalue weighted by atomic mass is 9.90. The number of hydroxylamine groups is 2. The molecule has 6 rings (SSSR count). The third-order valence-electron chi connectivity index (χ3n) is 12.2. The molecule has 1 aromatic heterocycles. The first-order valence-electron chi connectivity index (χ1n) is 25.8. The Morgan fingerprint density at radius 3 is 1.86 bits per heavy atom. The number of carbonyl (C=O) groups excluding carboxylic acids is 9. The van der Waals surface area contributed by atoms with E-state index >= 15 is 0 Å². The van der Waals surface area contributed by atoms with Crippen molar-refractivity contribution in [3.05, 3.63) is 179 Å². The van der Waals surface area contributed by atoms with Gasteiger partial charge in [-0.15, -0.1) is 0 Å². The third-order valence-corrected chi connectivity index (χ3v) is 12.2. The van der Waals surface area contributed by atoms with Gasteiger partial charge in [-0.2, -0.15) is 5.06 Å². The van der Waals surface area contributed by atoms with Crippen molar-refractivity contribution in [2.24, 2.45) is 5.92 Å². The summed E-state index contributed by atoms with van der Waals surface area (Å²) in [6.45, 7) is 3.53. The van der Waals surface area contributed by atoms with Crippen LogP contribution in [0.4, 0.5) is 0 Å². The van der Waals surface area contributed by atoms with Gasteiger partial charge in [0.05, 0.1) is 30.6 Å². The normalized spacial score (nSPS) is 11.8. The number of hydrogen-bond donors (Lipinski definition) is 3. The van der Waals surface area contributed by atoms with Crippen LogP contribution in [0, 0.1) is 5.92 Å². The number of unbranched alkanes of at least 4 members (excludes halogenated alkanes) is 2. The zero-order chi connectivity index (χ0) is 57.2. The predicted octanol–water partition coefficient (Wildman–Crippen LogP) is 7.98. The van der Waals surface area contributed by atoms with Crippen molar-refractivity contribution < 1.29 is 76.1 Å². The molecule has 5 aromatic carbocycles. The maximum atomic E-state index is 14.2. The molecule has 6 aromatic rings. The Morgan fingerprint density at radius 1 is 0.637 bits per heavy atom. The minimum atomic E-state index is -1.53. The maximum Gasteiger partial charge on any atom is 0.367 e. The number of furan rings is 1. The number of benzene rings is 5. The van der Waals surface area contributed by atoms with Crippen LogP contribution in [0.3, 0.4) is 0 Å². The molecule has 0 aliphatic carbocycles. The van der Waals surface area contributed by atoms with E-state index in [9.17, 15) is 43.2 Å². The quantitative estimate of drug-likeness (QED) is 0.00734. The predicted molar refractivity (Wildman–Crippen MR) is 287 cm³/mol. The molecular formula is C60H62N4O16. The molecule has 3 atom stereocenters. The fraction of sp³-hybridized carbons (Fsp3) is 0.283. The summed E-state index contributed by atoms with van der Waals surface area (Å²) in [5, 5.41) is 8.61. The summed E-state index contributed by atoms with van der Waals surface area (Å²) in [5.41, 5.74) is 2.07. The first kappa shape index (κ1) is 59.7. The molecular weight excluding hydrogens is 1030 g/mol. The zero-order valence-electron chi connectivity index (χ0n) is 44.4. The number of para-hydroxylation sites is 1. The molecule has 3 N–H and O–H groups in total. The SMILES string of the molecule is CCCCCC(C(=O)NCNC(=O)c1ccc(-c2ccc(C(=O)NC(CC(=O)OCc3ccccc3)C(=O)OCc3ccccc3)c(OCC(=O)OCc3ccccc3)c2)o1)C(CC)N(C=O)OC(=O)c1ccccc1OC(C)=O. The van der Waals surface area contributed by atoms with Gasteiger partial charge >= 0.3 is 29.8 Å². The molecule has 0 aliphatic heterocycles. The molecule has 0 spiro atoms. The third kappa shape index (κ3) is 18.3. The summed E-state index contributed by atoms with van der Waals surface area (Å²) in [6.07, 6.45) is 2.37. The van der Waals surface area contributed by atoms with E-state index in [-0.39, 0.29) is 72.6 Å². The minimum absolute atomic E-state index is 0.0592. The second-order valence-corrected chi connectivity index (χ2v) is 18.0. The summed E-state index contributed by atoms with van der Waals surface area (Å²) in [7, 11) is 0. The molecule has 0 aliphatic rings. The number of carbonyl (C=O) groups is 9. The summed E-state index contributed by atoms with van der Waals surface area (Å²) < 4.78 is 33.3. The summed E-state index contributed by atoms with van der Waals surface area (Å²) in [6, 6.07) is 37.0. The van der Waals surface area contributed by atoms with Crippen LogP contribution in [0.5, 0.6) is 11.5 Å². The van der Waals surface area contributed by atoms with Crippen LogP contribution in [0.2, 0.25) is 0 Å². The zero-order valence-corrected chi connectivity index (χ0v) is 44.4. The van der Waals surface area contributed by atoms with Crippen LogP contribution in [0.1, 0.15) is 107 Å². The van der Waals surface area contributed by atoms with Crippen LogP contribution < -0.4 is 25.4 Å². The smallest absolute Gasteiger partial charge is 0.367 e. The fourth-order valence-electron chi connectivity index (χ4n) is 8.11. The molecule has 418 valence electrons. The van der Waals surface area contributed by atoms with Crippen LogP contribution >= 0.6 is 0 Å². The first-order chi connectivity index (χ1) is 38.8. The molecule has 3 unspecified atom stereocenters. The second-order valence-electron chi connectivity index (χ2n) is 18.0. The highest BCUT2D eigenvalue weighted by atomic mass is 16.7. The van der Waals surface area contributed by atoms with Crippen molar-refractivity contribution in [2.45, 2.75) is 91.2 Å². The highest BCUT2D eigenvalue weighted by Crippen LogP contribution is 2.30. The molecule has 20 nitrogen and oxygen atoms in total. The molecule has 0 bridgehead atoms. The van der Waals surface area contributed by atoms with E-state index in [0.717, 1.165) is 23.5 Å². The Morgan fingerprint density at radius 2 is 1.25 bits per heavy atom. The molecule has 0 saturated heterocycles. The van der Waals surface area contributed by atoms with E-state index in [0.29, 0.717) is 30.4 Å². The monoisotopic (exact) mass is 1090 g/mol. The Kier molecular flexibility index (Phi) is 23.1. The van der Waals surface area contributed by atoms with Gasteiger partial charge in [-0.25, -0.2) is 14.4 Å². The second kappa shape index (κ2) is 31.0. The van der Waals surface area contributed by atoms with Crippen molar-refractivity contribution in [3.8, 4) is 22.8 Å². The van der Waals surface area contributed by atoms with Gasteiger partial charge in [0.1, 0.15) is 48.7 Å². The number of nitrogens with one attached hydrogen (secondary N) is 3. The van der Waals surface area contributed by atoms with Crippen LogP contribution in [0.15, 0.2) is 150 Å². The fourth-order valence-corrected chi connectivity index (χ4v) is 8.11. The van der Waals surface area contributed by atoms with Crippen molar-refractivity contribution in [1.29, 1.82) is 0 Å². The van der Waals surface area contributed by atoms with Gasteiger partial charge < -0.3 is 48.9 Å². The van der Waals surface area contributed by atoms with Crippen LogP contribution in [-0.4, -0.2) is 84.4 Å². The Hall–Kier alpha value is -9.59. The van der Waals surface area contributed by atoms with E-state index in [4.69, 9.17) is 32.9 Å². The van der Waals surface area contributed by atoms with Gasteiger partial charge in [-0.1, -0.05) is 142 Å². The average Bonchev–Trinajstić information content (AvgIpc) is 3.98. The van der Waals surface area contributed by atoms with Gasteiger partial charge in [0, 0.05) is 12.5 Å². The van der Waals surface area contributed by atoms with Crippen LogP contribution in [0.25, 0.3) is 11.3 Å². The number of esters is 4. The van der Waals surface area contributed by atoms with Gasteiger partial charge in [-0.05, 0) is 65.9 Å². The van der Waals surface area contributed by atoms with Crippen molar-refractivity contribution >= 4 is 54.0 Å². The van der Waals surface area contributed by atoms with E-state index in [1.54, 1.807) is 97.9 Å². The van der Waals surface area contributed by atoms with E-state index < -0.39 is 78.6 Å². The molecule has 0 saturated carbocycles. The molecule has 20 heteroatoms. The van der Waals surface area contributed by atoms with Crippen molar-refractivity contribution in [3.63, 3.8) is 0 Å². The minimum Gasteiger partial charge on any atom is -0.481 e. The number of rotatable bonds is 30. The molecule has 80 heavy (non-hydrogen) atoms. The Labute approximate surface area is 461 Å². The lowest BCUT2D eigenvalue weighted by molar-refractivity contribution is -0.171. The van der Waals surface area contributed by atoms with E-state index in [1.807, 2.05) is 13.0 Å². The molecule has 1 heterocycles. The Bertz CT molecular complexity index is 3060. The summed E-state index contributed by atoms with van der Waals surface area (Å²) in [5.74, 6) is -7.54. The van der Waals surface area contributed by atoms with E-state index in [2.05, 4.69) is 16.0 Å². The Balaban J connectivity index is 1.16. The number of hydrogen-bond acceptors (Lipinski definition) is 16. The lowest BCUT2D eigenvalue weighted by Gasteiger charge is -2.32. The molecule has 4 amide bonds. The van der Waals surface area contributed by atoms with Gasteiger partial charge in [0.2, 0.25) is 12.3 Å². The number of nitrogens with zero attached hydrogens (tertiary/aromatic N) is 1. The number of amides is 4. The largest absolute Gasteiger partial charge is 0.481 e. The summed E-state index contributed by atoms with van der Waals surface area (Å²) >= 11 is 0. The lowest BCUT2D eigenvalue weighted by Crippen LogP contribution is -2.49. The maximum absolute atomic E-state index is 14.2. The average molecular weight is 1100 g/mol. The molecule has 0 radical (unpaired) electrons. The molecule has 0 fully saturated rings. The first-order valence-corrected chi connectivity index (χ1v) is 25.8. The van der Waals surface area contributed by atoms with Gasteiger partial charge in [0.15, 0.2) is 12.4 Å². The van der Waals surface area contributed by atoms with Crippen molar-refractivity contribution in [2.75, 3.05) is 13.3 Å². The van der Waals surface area contributed by atoms with Gasteiger partial charge in [-0.3, -0.25) is 28.8 Å². The number of ether oxygens (including phenoxy) is 5.